The quantitative estimate of drug-likeness (QED) is 0.475. The third-order valence-electron chi connectivity index (χ3n) is 0.175. The van der Waals surface area contributed by atoms with Gasteiger partial charge in [-0.25, -0.2) is 0 Å². The van der Waals surface area contributed by atoms with Crippen LogP contribution in [0.2, 0.25) is 5.21 Å². The second kappa shape index (κ2) is 2.28. The van der Waals surface area contributed by atoms with Crippen LogP contribution >= 0.6 is 0 Å². The van der Waals surface area contributed by atoms with Crippen molar-refractivity contribution in [3.05, 3.63) is 0 Å². The van der Waals surface area contributed by atoms with Crippen LogP contribution < -0.4 is 0 Å². The maximum atomic E-state index is 9.38. The van der Waals surface area contributed by atoms with Crippen molar-refractivity contribution in [3.8, 4) is 0 Å². The molecule has 1 atom stereocenters. The third-order valence-corrected chi connectivity index (χ3v) is 0.907. The van der Waals surface area contributed by atoms with Crippen LogP contribution in [0.25, 0.3) is 0 Å². The topological polar surface area (TPSA) is 37.3 Å². The van der Waals surface area contributed by atoms with Crippen molar-refractivity contribution in [2.45, 2.75) is 5.21 Å². The Hall–Kier alpha value is 0.0284. The summed E-state index contributed by atoms with van der Waals surface area (Å²) >= 11 is 1.23. The molecular weight excluding hydrogens is 131 g/mol. The van der Waals surface area contributed by atoms with Crippen LogP contribution in [-0.2, 0) is 4.79 Å². The SMILES string of the molecule is O=C(O)C[AsH2]. The van der Waals surface area contributed by atoms with Gasteiger partial charge in [-0.15, -0.1) is 0 Å². The molecule has 0 bridgehead atoms. The Morgan fingerprint density at radius 1 is 2.00 bits per heavy atom. The molecule has 30 valence electrons. The second-order valence-electron chi connectivity index (χ2n) is 0.598. The molecule has 0 aromatic carbocycles. The molecule has 1 N–H and O–H groups in total. The first-order valence-corrected chi connectivity index (χ1v) is 2.90. The summed E-state index contributed by atoms with van der Waals surface area (Å²) in [6.45, 7) is 0. The first-order valence-electron chi connectivity index (χ1n) is 1.19. The zero-order valence-corrected chi connectivity index (χ0v) is 5.06. The Labute approximate surface area is 38.7 Å². The van der Waals surface area contributed by atoms with Gasteiger partial charge in [-0.1, -0.05) is 0 Å². The zero-order valence-electron chi connectivity index (χ0n) is 2.64. The number of carbonyl (C=O) groups is 1. The molecule has 2 nitrogen and oxygen atoms in total. The van der Waals surface area contributed by atoms with Crippen LogP contribution in [0, 0.1) is 0 Å². The molecule has 0 aliphatic heterocycles. The van der Waals surface area contributed by atoms with Crippen molar-refractivity contribution in [1.82, 2.24) is 0 Å². The van der Waals surface area contributed by atoms with Crippen LogP contribution in [-0.4, -0.2) is 27.9 Å². The van der Waals surface area contributed by atoms with E-state index in [-0.39, 0.29) is 5.21 Å². The molecular formula is C2H5AsO2. The Morgan fingerprint density at radius 3 is 2.20 bits per heavy atom. The van der Waals surface area contributed by atoms with E-state index in [1.54, 1.807) is 0 Å². The van der Waals surface area contributed by atoms with E-state index in [1.165, 1.54) is 16.9 Å². The number of hydrogen-bond acceptors (Lipinski definition) is 1. The normalized spacial score (nSPS) is 7.40. The zero-order chi connectivity index (χ0) is 4.28. The van der Waals surface area contributed by atoms with E-state index in [2.05, 4.69) is 0 Å². The molecule has 0 radical (unpaired) electrons. The number of carboxylic acid groups (broad SMARTS) is 1. The summed E-state index contributed by atoms with van der Waals surface area (Å²) in [6, 6.07) is 0. The molecule has 0 heterocycles. The van der Waals surface area contributed by atoms with Crippen LogP contribution in [0.4, 0.5) is 0 Å². The molecule has 0 aliphatic carbocycles. The van der Waals surface area contributed by atoms with Gasteiger partial charge in [-0.3, -0.25) is 0 Å². The number of aliphatic carboxylic acids is 1. The van der Waals surface area contributed by atoms with E-state index < -0.39 is 5.97 Å². The van der Waals surface area contributed by atoms with Gasteiger partial charge in [-0.05, 0) is 0 Å². The summed E-state index contributed by atoms with van der Waals surface area (Å²) in [5.41, 5.74) is 0. The van der Waals surface area contributed by atoms with Crippen LogP contribution in [0.3, 0.4) is 0 Å². The van der Waals surface area contributed by atoms with Gasteiger partial charge < -0.3 is 0 Å². The molecule has 0 rings (SSSR count). The first-order chi connectivity index (χ1) is 2.27. The fourth-order valence-corrected chi connectivity index (χ4v) is 0. The number of carboxylic acids is 1. The van der Waals surface area contributed by atoms with Crippen LogP contribution in [0.1, 0.15) is 0 Å². The van der Waals surface area contributed by atoms with Gasteiger partial charge in [-0.2, -0.15) is 0 Å². The molecule has 0 spiro atoms. The summed E-state index contributed by atoms with van der Waals surface area (Å²) in [4.78, 5) is 9.38. The standard InChI is InChI=1S/C2H5AsO2/c3-1-2(4)5/h1,3H2,(H,4,5). The van der Waals surface area contributed by atoms with Gasteiger partial charge in [0.25, 0.3) is 0 Å². The fraction of sp³-hybridized carbons (Fsp3) is 0.500. The summed E-state index contributed by atoms with van der Waals surface area (Å²) in [6.07, 6.45) is 0. The minimum atomic E-state index is -0.718. The molecule has 0 saturated carbocycles. The van der Waals surface area contributed by atoms with Crippen molar-refractivity contribution >= 4 is 22.8 Å². The van der Waals surface area contributed by atoms with E-state index in [0.29, 0.717) is 0 Å². The summed E-state index contributed by atoms with van der Waals surface area (Å²) in [5, 5.41) is 8.02. The number of rotatable bonds is 1. The Morgan fingerprint density at radius 2 is 2.20 bits per heavy atom. The van der Waals surface area contributed by atoms with E-state index in [4.69, 9.17) is 5.11 Å². The maximum absolute atomic E-state index is 9.38. The average molecular weight is 136 g/mol. The minimum absolute atomic E-state index is 0.285. The summed E-state index contributed by atoms with van der Waals surface area (Å²) < 4.78 is 0. The average Bonchev–Trinajstić information content (AvgIpc) is 1.38. The summed E-state index contributed by atoms with van der Waals surface area (Å²) in [7, 11) is 0. The molecule has 5 heavy (non-hydrogen) atoms. The monoisotopic (exact) mass is 136 g/mol. The molecule has 0 saturated heterocycles. The van der Waals surface area contributed by atoms with Gasteiger partial charge in [0.15, 0.2) is 0 Å². The van der Waals surface area contributed by atoms with Crippen molar-refractivity contribution in [3.63, 3.8) is 0 Å². The summed E-state index contributed by atoms with van der Waals surface area (Å²) in [5.74, 6) is -0.718. The van der Waals surface area contributed by atoms with Gasteiger partial charge in [0, 0.05) is 0 Å². The predicted molar refractivity (Wildman–Crippen MR) is 21.0 cm³/mol. The molecule has 0 amide bonds. The van der Waals surface area contributed by atoms with Gasteiger partial charge in [0.05, 0.1) is 0 Å². The van der Waals surface area contributed by atoms with E-state index in [0.717, 1.165) is 0 Å². The van der Waals surface area contributed by atoms with E-state index in [9.17, 15) is 4.79 Å². The molecule has 0 fully saturated rings. The van der Waals surface area contributed by atoms with Crippen molar-refractivity contribution in [2.24, 2.45) is 0 Å². The Kier molecular flexibility index (Phi) is 2.29. The van der Waals surface area contributed by atoms with Gasteiger partial charge >= 0.3 is 37.9 Å². The van der Waals surface area contributed by atoms with Crippen LogP contribution in [0.15, 0.2) is 0 Å². The second-order valence-corrected chi connectivity index (χ2v) is 1.45. The molecule has 0 aromatic rings. The first kappa shape index (κ1) is 5.03. The fourth-order valence-electron chi connectivity index (χ4n) is 0. The van der Waals surface area contributed by atoms with Crippen molar-refractivity contribution < 1.29 is 9.90 Å². The Bertz CT molecular complexity index is 42.9. The molecule has 1 unspecified atom stereocenters. The molecule has 0 aromatic heterocycles. The van der Waals surface area contributed by atoms with E-state index >= 15 is 0 Å². The number of hydrogen-bond donors (Lipinski definition) is 1. The third kappa shape index (κ3) is 4.03. The molecule has 3 heteroatoms. The Balaban J connectivity index is 2.85. The predicted octanol–water partition coefficient (Wildman–Crippen LogP) is -0.878. The van der Waals surface area contributed by atoms with Crippen molar-refractivity contribution in [1.29, 1.82) is 0 Å². The van der Waals surface area contributed by atoms with Crippen molar-refractivity contribution in [2.75, 3.05) is 0 Å². The molecule has 0 aliphatic rings. The van der Waals surface area contributed by atoms with Crippen LogP contribution in [0.5, 0.6) is 0 Å². The van der Waals surface area contributed by atoms with E-state index in [1.807, 2.05) is 0 Å². The van der Waals surface area contributed by atoms with Gasteiger partial charge in [0.2, 0.25) is 0 Å². The van der Waals surface area contributed by atoms with Gasteiger partial charge in [0.1, 0.15) is 0 Å².